The maximum absolute atomic E-state index is 13.0. The van der Waals surface area contributed by atoms with Crippen LogP contribution >= 0.6 is 11.3 Å². The predicted molar refractivity (Wildman–Crippen MR) is 103 cm³/mol. The molecule has 0 spiro atoms. The van der Waals surface area contributed by atoms with Crippen LogP contribution in [0.4, 0.5) is 0 Å². The number of hydrogen-bond acceptors (Lipinski definition) is 5. The Morgan fingerprint density at radius 1 is 1.22 bits per heavy atom. The SMILES string of the molecule is O=C(c1ccc(Cn2cccn2)o1)N1CCC[C@H]1c1nc2ccccc2s1. The van der Waals surface area contributed by atoms with Crippen LogP contribution in [0.15, 0.2) is 59.3 Å². The van der Waals surface area contributed by atoms with Gasteiger partial charge in [0.1, 0.15) is 10.8 Å². The van der Waals surface area contributed by atoms with E-state index in [9.17, 15) is 4.79 Å². The van der Waals surface area contributed by atoms with Gasteiger partial charge in [-0.15, -0.1) is 11.3 Å². The number of aromatic nitrogens is 3. The van der Waals surface area contributed by atoms with E-state index < -0.39 is 0 Å². The van der Waals surface area contributed by atoms with Crippen molar-refractivity contribution in [2.75, 3.05) is 6.54 Å². The molecule has 4 heterocycles. The van der Waals surface area contributed by atoms with E-state index in [1.807, 2.05) is 41.4 Å². The van der Waals surface area contributed by atoms with Gasteiger partial charge in [0.15, 0.2) is 5.76 Å². The number of thiazole rings is 1. The number of rotatable bonds is 4. The van der Waals surface area contributed by atoms with Gasteiger partial charge in [-0.25, -0.2) is 4.98 Å². The Bertz CT molecular complexity index is 1050. The fourth-order valence-electron chi connectivity index (χ4n) is 3.57. The Labute approximate surface area is 160 Å². The Morgan fingerprint density at radius 2 is 2.15 bits per heavy atom. The Morgan fingerprint density at radius 3 is 3.00 bits per heavy atom. The zero-order valence-corrected chi connectivity index (χ0v) is 15.4. The molecule has 27 heavy (non-hydrogen) atoms. The second kappa shape index (κ2) is 6.66. The van der Waals surface area contributed by atoms with E-state index in [2.05, 4.69) is 11.2 Å². The first-order valence-electron chi connectivity index (χ1n) is 9.00. The summed E-state index contributed by atoms with van der Waals surface area (Å²) in [4.78, 5) is 19.7. The van der Waals surface area contributed by atoms with Gasteiger partial charge in [0.05, 0.1) is 22.8 Å². The molecule has 1 atom stereocenters. The number of para-hydroxylation sites is 1. The third-order valence-corrected chi connectivity index (χ3v) is 6.00. The first-order chi connectivity index (χ1) is 13.3. The maximum atomic E-state index is 13.0. The molecule has 1 fully saturated rings. The number of carbonyl (C=O) groups is 1. The highest BCUT2D eigenvalue weighted by atomic mass is 32.1. The molecule has 0 bridgehead atoms. The van der Waals surface area contributed by atoms with Crippen LogP contribution in [-0.2, 0) is 6.54 Å². The van der Waals surface area contributed by atoms with Crippen molar-refractivity contribution in [3.63, 3.8) is 0 Å². The monoisotopic (exact) mass is 378 g/mol. The molecule has 0 aliphatic carbocycles. The molecular weight excluding hydrogens is 360 g/mol. The third kappa shape index (κ3) is 3.04. The molecule has 1 saturated heterocycles. The molecule has 3 aromatic heterocycles. The van der Waals surface area contributed by atoms with Gasteiger partial charge in [0.25, 0.3) is 5.91 Å². The molecule has 1 amide bonds. The summed E-state index contributed by atoms with van der Waals surface area (Å²) in [6, 6.07) is 13.6. The topological polar surface area (TPSA) is 64.2 Å². The first-order valence-corrected chi connectivity index (χ1v) is 9.82. The van der Waals surface area contributed by atoms with Crippen LogP contribution in [0.25, 0.3) is 10.2 Å². The van der Waals surface area contributed by atoms with Crippen molar-refractivity contribution in [3.8, 4) is 0 Å². The molecule has 0 radical (unpaired) electrons. The van der Waals surface area contributed by atoms with Crippen molar-refractivity contribution in [1.29, 1.82) is 0 Å². The van der Waals surface area contributed by atoms with Crippen LogP contribution in [0.5, 0.6) is 0 Å². The Hall–Kier alpha value is -2.93. The van der Waals surface area contributed by atoms with Crippen LogP contribution in [-0.4, -0.2) is 32.1 Å². The van der Waals surface area contributed by atoms with E-state index in [1.165, 1.54) is 0 Å². The van der Waals surface area contributed by atoms with Crippen LogP contribution in [0, 0.1) is 0 Å². The summed E-state index contributed by atoms with van der Waals surface area (Å²) in [5.41, 5.74) is 0.997. The quantitative estimate of drug-likeness (QED) is 0.536. The number of nitrogens with zero attached hydrogens (tertiary/aromatic N) is 4. The highest BCUT2D eigenvalue weighted by molar-refractivity contribution is 7.18. The molecule has 1 aliphatic heterocycles. The number of carbonyl (C=O) groups excluding carboxylic acids is 1. The first kappa shape index (κ1) is 16.3. The molecule has 0 N–H and O–H groups in total. The second-order valence-corrected chi connectivity index (χ2v) is 7.71. The van der Waals surface area contributed by atoms with Crippen molar-refractivity contribution in [2.24, 2.45) is 0 Å². The van der Waals surface area contributed by atoms with Gasteiger partial charge in [-0.3, -0.25) is 9.48 Å². The van der Waals surface area contributed by atoms with Crippen LogP contribution in [0.2, 0.25) is 0 Å². The molecule has 6 nitrogen and oxygen atoms in total. The lowest BCUT2D eigenvalue weighted by atomic mass is 10.2. The van der Waals surface area contributed by atoms with Gasteiger partial charge in [-0.05, 0) is 43.2 Å². The van der Waals surface area contributed by atoms with Gasteiger partial charge in [-0.1, -0.05) is 12.1 Å². The second-order valence-electron chi connectivity index (χ2n) is 6.65. The lowest BCUT2D eigenvalue weighted by molar-refractivity contribution is 0.0701. The molecule has 0 unspecified atom stereocenters. The summed E-state index contributed by atoms with van der Waals surface area (Å²) in [7, 11) is 0. The maximum Gasteiger partial charge on any atom is 0.290 e. The molecular formula is C20H18N4O2S. The van der Waals surface area contributed by atoms with Crippen molar-refractivity contribution >= 4 is 27.5 Å². The molecule has 5 rings (SSSR count). The van der Waals surface area contributed by atoms with E-state index in [-0.39, 0.29) is 11.9 Å². The summed E-state index contributed by atoms with van der Waals surface area (Å²) in [5.74, 6) is 1.03. The smallest absolute Gasteiger partial charge is 0.290 e. The average Bonchev–Trinajstić information content (AvgIpc) is 3.45. The molecule has 136 valence electrons. The lowest BCUT2D eigenvalue weighted by Gasteiger charge is -2.21. The minimum absolute atomic E-state index is 0.0227. The van der Waals surface area contributed by atoms with Crippen molar-refractivity contribution < 1.29 is 9.21 Å². The van der Waals surface area contributed by atoms with E-state index in [0.29, 0.717) is 12.3 Å². The predicted octanol–water partition coefficient (Wildman–Crippen LogP) is 4.11. The zero-order chi connectivity index (χ0) is 18.2. The van der Waals surface area contributed by atoms with Crippen molar-refractivity contribution in [2.45, 2.75) is 25.4 Å². The molecule has 7 heteroatoms. The molecule has 0 saturated carbocycles. The number of fused-ring (bicyclic) bond motifs is 1. The standard InChI is InChI=1S/C20H18N4O2S/c25-20(17-9-8-14(26-17)13-23-11-4-10-21-23)24-12-3-6-16(24)19-22-15-5-1-2-7-18(15)27-19/h1-2,4-5,7-11,16H,3,6,12-13H2/t16-/m0/s1. The summed E-state index contributed by atoms with van der Waals surface area (Å²) in [5, 5.41) is 5.17. The van der Waals surface area contributed by atoms with E-state index in [0.717, 1.165) is 40.4 Å². The number of amides is 1. The fourth-order valence-corrected chi connectivity index (χ4v) is 4.69. The average molecular weight is 378 g/mol. The van der Waals surface area contributed by atoms with Gasteiger partial charge in [0.2, 0.25) is 0 Å². The van der Waals surface area contributed by atoms with Crippen LogP contribution < -0.4 is 0 Å². The van der Waals surface area contributed by atoms with Crippen molar-refractivity contribution in [3.05, 3.63) is 71.4 Å². The van der Waals surface area contributed by atoms with Crippen LogP contribution in [0.3, 0.4) is 0 Å². The van der Waals surface area contributed by atoms with Gasteiger partial charge < -0.3 is 9.32 Å². The fraction of sp³-hybridized carbons (Fsp3) is 0.250. The minimum atomic E-state index is -0.0662. The lowest BCUT2D eigenvalue weighted by Crippen LogP contribution is -2.30. The number of hydrogen-bond donors (Lipinski definition) is 0. The third-order valence-electron chi connectivity index (χ3n) is 4.86. The summed E-state index contributed by atoms with van der Waals surface area (Å²) < 4.78 is 8.73. The van der Waals surface area contributed by atoms with Gasteiger partial charge in [-0.2, -0.15) is 5.10 Å². The molecule has 4 aromatic rings. The van der Waals surface area contributed by atoms with E-state index in [4.69, 9.17) is 9.40 Å². The minimum Gasteiger partial charge on any atom is -0.454 e. The summed E-state index contributed by atoms with van der Waals surface area (Å²) >= 11 is 1.67. The van der Waals surface area contributed by atoms with E-state index in [1.54, 1.807) is 28.3 Å². The zero-order valence-electron chi connectivity index (χ0n) is 14.6. The number of benzene rings is 1. The van der Waals surface area contributed by atoms with E-state index >= 15 is 0 Å². The summed E-state index contributed by atoms with van der Waals surface area (Å²) in [6.45, 7) is 1.25. The molecule has 1 aromatic carbocycles. The van der Waals surface area contributed by atoms with Crippen molar-refractivity contribution in [1.82, 2.24) is 19.7 Å². The molecule has 1 aliphatic rings. The Kier molecular flexibility index (Phi) is 4.01. The van der Waals surface area contributed by atoms with Gasteiger partial charge >= 0.3 is 0 Å². The normalized spacial score (nSPS) is 17.0. The van der Waals surface area contributed by atoms with Crippen LogP contribution in [0.1, 0.15) is 40.2 Å². The number of likely N-dealkylation sites (tertiary alicyclic amines) is 1. The largest absolute Gasteiger partial charge is 0.454 e. The van der Waals surface area contributed by atoms with Gasteiger partial charge in [0, 0.05) is 18.9 Å². The highest BCUT2D eigenvalue weighted by Gasteiger charge is 2.34. The highest BCUT2D eigenvalue weighted by Crippen LogP contribution is 2.37. The summed E-state index contributed by atoms with van der Waals surface area (Å²) in [6.07, 6.45) is 5.51. The number of furan rings is 1. The Balaban J connectivity index is 1.38.